The molecule has 2 nitrogen and oxygen atoms in total. The normalized spacial score (nSPS) is 27.2. The summed E-state index contributed by atoms with van der Waals surface area (Å²) in [5.74, 6) is 2.22. The first kappa shape index (κ1) is 15.2. The van der Waals surface area contributed by atoms with Crippen LogP contribution in [0, 0.1) is 0 Å². The molecule has 0 aromatic heterocycles. The molecule has 0 saturated heterocycles. The number of hydrogen-bond acceptors (Lipinski definition) is 2. The minimum absolute atomic E-state index is 0.000216. The smallest absolute Gasteiger partial charge is 0.132 e. The Hall–Kier alpha value is -2.74. The third-order valence-electron chi connectivity index (χ3n) is 7.79. The predicted octanol–water partition coefficient (Wildman–Crippen LogP) is 5.82. The van der Waals surface area contributed by atoms with E-state index in [1.54, 1.807) is 0 Å². The van der Waals surface area contributed by atoms with Crippen LogP contribution in [0.1, 0.15) is 48.9 Å². The molecule has 0 unspecified atom stereocenters. The zero-order valence-electron chi connectivity index (χ0n) is 16.3. The van der Waals surface area contributed by atoms with Crippen LogP contribution in [0.25, 0.3) is 22.3 Å². The van der Waals surface area contributed by atoms with Crippen molar-refractivity contribution in [2.75, 3.05) is 13.2 Å². The highest BCUT2D eigenvalue weighted by molar-refractivity contribution is 5.99. The van der Waals surface area contributed by atoms with Gasteiger partial charge in [0, 0.05) is 33.1 Å². The molecule has 2 heterocycles. The summed E-state index contributed by atoms with van der Waals surface area (Å²) in [6.07, 6.45) is 2.03. The van der Waals surface area contributed by atoms with Gasteiger partial charge in [-0.25, -0.2) is 0 Å². The lowest BCUT2D eigenvalue weighted by Crippen LogP contribution is -2.31. The number of hydrogen-bond donors (Lipinski definition) is 0. The maximum Gasteiger partial charge on any atom is 0.132 e. The Morgan fingerprint density at radius 2 is 1.07 bits per heavy atom. The Labute approximate surface area is 165 Å². The number of ether oxygens (including phenoxy) is 2. The molecule has 0 radical (unpaired) electrons. The van der Waals surface area contributed by atoms with Crippen LogP contribution in [0.5, 0.6) is 11.5 Å². The summed E-state index contributed by atoms with van der Waals surface area (Å²) in [5, 5.41) is 0. The maximum absolute atomic E-state index is 6.47. The van der Waals surface area contributed by atoms with Crippen molar-refractivity contribution in [2.45, 2.75) is 37.5 Å². The highest BCUT2D eigenvalue weighted by atomic mass is 16.5. The van der Waals surface area contributed by atoms with Crippen molar-refractivity contribution in [3.05, 3.63) is 70.8 Å². The molecule has 2 aliphatic heterocycles. The molecule has 2 heteroatoms. The van der Waals surface area contributed by atoms with Gasteiger partial charge < -0.3 is 9.47 Å². The van der Waals surface area contributed by atoms with Crippen molar-refractivity contribution in [3.63, 3.8) is 0 Å². The zero-order valence-corrected chi connectivity index (χ0v) is 16.3. The summed E-state index contributed by atoms with van der Waals surface area (Å²) in [4.78, 5) is 0. The SMILES string of the molecule is C[C@]12CCOc3c4c5c(c(c31)-c1ccccc12)OCC[C@]5(C)c1ccccc1-4. The van der Waals surface area contributed by atoms with Crippen LogP contribution in [0.3, 0.4) is 0 Å². The van der Waals surface area contributed by atoms with E-state index in [0.717, 1.165) is 37.6 Å². The van der Waals surface area contributed by atoms with Gasteiger partial charge in [0.2, 0.25) is 0 Å². The summed E-state index contributed by atoms with van der Waals surface area (Å²) in [6, 6.07) is 17.8. The van der Waals surface area contributed by atoms with Crippen LogP contribution in [-0.2, 0) is 10.8 Å². The van der Waals surface area contributed by atoms with Gasteiger partial charge in [0.1, 0.15) is 11.5 Å². The largest absolute Gasteiger partial charge is 0.493 e. The van der Waals surface area contributed by atoms with Crippen molar-refractivity contribution < 1.29 is 9.47 Å². The highest BCUT2D eigenvalue weighted by Crippen LogP contribution is 2.68. The lowest BCUT2D eigenvalue weighted by Gasteiger charge is -2.38. The van der Waals surface area contributed by atoms with E-state index in [1.807, 2.05) is 0 Å². The Bertz CT molecular complexity index is 1110. The first-order chi connectivity index (χ1) is 13.6. The van der Waals surface area contributed by atoms with Crippen LogP contribution in [0.15, 0.2) is 48.5 Å². The van der Waals surface area contributed by atoms with E-state index in [9.17, 15) is 0 Å². The molecule has 0 amide bonds. The molecule has 0 saturated carbocycles. The lowest BCUT2D eigenvalue weighted by molar-refractivity contribution is 0.235. The second-order valence-electron chi connectivity index (χ2n) is 9.11. The van der Waals surface area contributed by atoms with Crippen molar-refractivity contribution in [1.82, 2.24) is 0 Å². The number of benzene rings is 3. The first-order valence-electron chi connectivity index (χ1n) is 10.3. The van der Waals surface area contributed by atoms with Crippen LogP contribution >= 0.6 is 0 Å². The highest BCUT2D eigenvalue weighted by Gasteiger charge is 2.53. The summed E-state index contributed by atoms with van der Waals surface area (Å²) in [7, 11) is 0. The van der Waals surface area contributed by atoms with Crippen molar-refractivity contribution in [2.24, 2.45) is 0 Å². The quantitative estimate of drug-likeness (QED) is 0.499. The molecule has 3 aromatic rings. The van der Waals surface area contributed by atoms with Gasteiger partial charge in [-0.2, -0.15) is 0 Å². The fraction of sp³-hybridized carbons (Fsp3) is 0.308. The zero-order chi connectivity index (χ0) is 18.7. The molecule has 3 aromatic carbocycles. The van der Waals surface area contributed by atoms with Gasteiger partial charge in [-0.1, -0.05) is 62.4 Å². The van der Waals surface area contributed by atoms with E-state index in [4.69, 9.17) is 9.47 Å². The second kappa shape index (κ2) is 4.63. The standard InChI is InChI=1S/C26H22O2/c1-25-11-13-27-23-20-16-8-4-6-10-18(16)26(2)12-14-28-24(22(20)26)19(21(23)25)15-7-3-5-9-17(15)25/h3-10H,11-14H2,1-2H3/t25-,26-/m1/s1. The van der Waals surface area contributed by atoms with Gasteiger partial charge in [0.05, 0.1) is 13.2 Å². The lowest BCUT2D eigenvalue weighted by atomic mass is 9.72. The molecule has 28 heavy (non-hydrogen) atoms. The molecule has 0 fully saturated rings. The molecular weight excluding hydrogens is 344 g/mol. The van der Waals surface area contributed by atoms with E-state index in [2.05, 4.69) is 62.4 Å². The topological polar surface area (TPSA) is 18.5 Å². The van der Waals surface area contributed by atoms with Crippen LogP contribution in [-0.4, -0.2) is 13.2 Å². The van der Waals surface area contributed by atoms with E-state index in [0.29, 0.717) is 0 Å². The summed E-state index contributed by atoms with van der Waals surface area (Å²) >= 11 is 0. The van der Waals surface area contributed by atoms with Crippen LogP contribution < -0.4 is 9.47 Å². The molecule has 2 atom stereocenters. The van der Waals surface area contributed by atoms with E-state index in [-0.39, 0.29) is 10.8 Å². The average Bonchev–Trinajstić information content (AvgIpc) is 3.15. The average molecular weight is 366 g/mol. The minimum atomic E-state index is -0.000216. The van der Waals surface area contributed by atoms with Crippen LogP contribution in [0.4, 0.5) is 0 Å². The Morgan fingerprint density at radius 3 is 1.54 bits per heavy atom. The molecule has 2 aliphatic carbocycles. The maximum atomic E-state index is 6.47. The minimum Gasteiger partial charge on any atom is -0.493 e. The monoisotopic (exact) mass is 366 g/mol. The Morgan fingerprint density at radius 1 is 0.643 bits per heavy atom. The van der Waals surface area contributed by atoms with Gasteiger partial charge in [-0.05, 0) is 35.1 Å². The van der Waals surface area contributed by atoms with Gasteiger partial charge in [-0.15, -0.1) is 0 Å². The van der Waals surface area contributed by atoms with Crippen molar-refractivity contribution in [3.8, 4) is 33.8 Å². The second-order valence-corrected chi connectivity index (χ2v) is 9.11. The van der Waals surface area contributed by atoms with E-state index < -0.39 is 0 Å². The third-order valence-corrected chi connectivity index (χ3v) is 7.79. The molecule has 0 N–H and O–H groups in total. The Balaban J connectivity index is 1.72. The van der Waals surface area contributed by atoms with Gasteiger partial charge in [-0.3, -0.25) is 0 Å². The summed E-state index contributed by atoms with van der Waals surface area (Å²) in [6.45, 7) is 6.32. The third kappa shape index (κ3) is 1.45. The first-order valence-corrected chi connectivity index (χ1v) is 10.3. The summed E-state index contributed by atoms with van der Waals surface area (Å²) in [5.41, 5.74) is 10.8. The molecule has 0 spiro atoms. The van der Waals surface area contributed by atoms with Crippen LogP contribution in [0.2, 0.25) is 0 Å². The fourth-order valence-corrected chi connectivity index (χ4v) is 6.43. The van der Waals surface area contributed by atoms with Gasteiger partial charge in [0.15, 0.2) is 0 Å². The molecule has 7 rings (SSSR count). The van der Waals surface area contributed by atoms with Crippen molar-refractivity contribution in [1.29, 1.82) is 0 Å². The number of rotatable bonds is 0. The van der Waals surface area contributed by atoms with Crippen molar-refractivity contribution >= 4 is 0 Å². The molecular formula is C26H22O2. The van der Waals surface area contributed by atoms with E-state index in [1.165, 1.54) is 44.5 Å². The predicted molar refractivity (Wildman–Crippen MR) is 110 cm³/mol. The van der Waals surface area contributed by atoms with E-state index >= 15 is 0 Å². The van der Waals surface area contributed by atoms with Gasteiger partial charge >= 0.3 is 0 Å². The number of fused-ring (bicyclic) bond motifs is 8. The Kier molecular flexibility index (Phi) is 2.51. The molecule has 0 bridgehead atoms. The molecule has 138 valence electrons. The van der Waals surface area contributed by atoms with Gasteiger partial charge in [0.25, 0.3) is 0 Å². The molecule has 4 aliphatic rings. The summed E-state index contributed by atoms with van der Waals surface area (Å²) < 4.78 is 12.9. The fourth-order valence-electron chi connectivity index (χ4n) is 6.43.